The quantitative estimate of drug-likeness (QED) is 0.520. The lowest BCUT2D eigenvalue weighted by Crippen LogP contribution is -2.19. The minimum absolute atomic E-state index is 0.0972. The fraction of sp³-hybridized carbons (Fsp3) is 0.143. The van der Waals surface area contributed by atoms with E-state index in [-0.39, 0.29) is 5.46 Å². The van der Waals surface area contributed by atoms with Crippen LogP contribution in [-0.2, 0) is 0 Å². The Bertz CT molecular complexity index is 223. The Morgan fingerprint density at radius 1 is 1.30 bits per heavy atom. The maximum Gasteiger partial charge on any atom is 0.571 e. The van der Waals surface area contributed by atoms with Gasteiger partial charge in [-0.1, -0.05) is 29.8 Å². The molecule has 0 saturated heterocycles. The topological polar surface area (TPSA) is 0 Å². The third-order valence-electron chi connectivity index (χ3n) is 1.29. The molecule has 0 N–H and O–H groups in total. The van der Waals surface area contributed by atoms with E-state index in [1.54, 1.807) is 19.1 Å². The fourth-order valence-corrected chi connectivity index (χ4v) is 0.806. The highest BCUT2D eigenvalue weighted by molar-refractivity contribution is 6.59. The Hall–Kier alpha value is -0.855. The summed E-state index contributed by atoms with van der Waals surface area (Å²) in [5, 5.41) is 0. The van der Waals surface area contributed by atoms with E-state index in [4.69, 9.17) is 0 Å². The van der Waals surface area contributed by atoms with Gasteiger partial charge >= 0.3 is 7.27 Å². The first-order valence-electron chi connectivity index (χ1n) is 3.05. The summed E-state index contributed by atoms with van der Waals surface area (Å²) in [6.07, 6.45) is 0. The third-order valence-corrected chi connectivity index (χ3v) is 1.29. The molecule has 1 aromatic carbocycles. The molecule has 0 heterocycles. The maximum atomic E-state index is 11.9. The van der Waals surface area contributed by atoms with Gasteiger partial charge < -0.3 is 0 Å². The van der Waals surface area contributed by atoms with Crippen molar-refractivity contribution >= 4 is 12.7 Å². The summed E-state index contributed by atoms with van der Waals surface area (Å²) in [6.45, 7) is 1.80. The number of hydrogen-bond donors (Lipinski definition) is 0. The lowest BCUT2D eigenvalue weighted by Gasteiger charge is -1.95. The summed E-state index contributed by atoms with van der Waals surface area (Å²) in [5.41, 5.74) is 0.970. The molecule has 10 heavy (non-hydrogen) atoms. The van der Waals surface area contributed by atoms with Crippen LogP contribution in [0, 0.1) is 6.92 Å². The van der Waals surface area contributed by atoms with Gasteiger partial charge in [-0.3, -0.25) is 8.63 Å². The van der Waals surface area contributed by atoms with Crippen LogP contribution in [0.3, 0.4) is 0 Å². The SMILES string of the molecule is Cc1cccc(B(F)F)c1. The Morgan fingerprint density at radius 3 is 2.40 bits per heavy atom. The number of rotatable bonds is 1. The Balaban J connectivity index is 2.96. The number of hydrogen-bond acceptors (Lipinski definition) is 0. The van der Waals surface area contributed by atoms with E-state index in [1.165, 1.54) is 12.1 Å². The molecule has 1 rings (SSSR count). The smallest absolute Gasteiger partial charge is 0.281 e. The lowest BCUT2D eigenvalue weighted by molar-refractivity contribution is 0.685. The highest BCUT2D eigenvalue weighted by atomic mass is 19.2. The lowest BCUT2D eigenvalue weighted by atomic mass is 9.85. The molecule has 0 aliphatic heterocycles. The first-order chi connectivity index (χ1) is 4.70. The van der Waals surface area contributed by atoms with Gasteiger partial charge in [0.25, 0.3) is 0 Å². The van der Waals surface area contributed by atoms with Crippen molar-refractivity contribution in [2.24, 2.45) is 0 Å². The molecule has 0 fully saturated rings. The zero-order chi connectivity index (χ0) is 7.56. The van der Waals surface area contributed by atoms with Crippen LogP contribution in [-0.4, -0.2) is 7.27 Å². The summed E-state index contributed by atoms with van der Waals surface area (Å²) < 4.78 is 23.9. The van der Waals surface area contributed by atoms with Gasteiger partial charge in [-0.05, 0) is 12.4 Å². The minimum Gasteiger partial charge on any atom is -0.281 e. The van der Waals surface area contributed by atoms with E-state index in [0.29, 0.717) is 0 Å². The van der Waals surface area contributed by atoms with Gasteiger partial charge in [-0.2, -0.15) is 0 Å². The van der Waals surface area contributed by atoms with Crippen molar-refractivity contribution in [3.63, 3.8) is 0 Å². The second kappa shape index (κ2) is 2.82. The molecular formula is C7H7BF2. The summed E-state index contributed by atoms with van der Waals surface area (Å²) in [4.78, 5) is 0. The van der Waals surface area contributed by atoms with Crippen LogP contribution < -0.4 is 5.46 Å². The molecule has 0 aliphatic rings. The molecule has 3 heteroatoms. The van der Waals surface area contributed by atoms with E-state index in [2.05, 4.69) is 0 Å². The van der Waals surface area contributed by atoms with Crippen LogP contribution in [0.1, 0.15) is 5.56 Å². The molecule has 52 valence electrons. The predicted octanol–water partition coefficient (Wildman–Crippen LogP) is 1.63. The summed E-state index contributed by atoms with van der Waals surface area (Å²) >= 11 is 0. The molecule has 0 unspecified atom stereocenters. The normalized spacial score (nSPS) is 9.50. The highest BCUT2D eigenvalue weighted by Crippen LogP contribution is 1.96. The van der Waals surface area contributed by atoms with Crippen molar-refractivity contribution < 1.29 is 8.63 Å². The van der Waals surface area contributed by atoms with Crippen LogP contribution in [0.5, 0.6) is 0 Å². The first-order valence-corrected chi connectivity index (χ1v) is 3.05. The second-order valence-electron chi connectivity index (χ2n) is 2.21. The molecule has 0 nitrogen and oxygen atoms in total. The van der Waals surface area contributed by atoms with Gasteiger partial charge in [0.2, 0.25) is 0 Å². The zero-order valence-electron chi connectivity index (χ0n) is 5.64. The summed E-state index contributed by atoms with van der Waals surface area (Å²) in [5.74, 6) is 0. The Morgan fingerprint density at radius 2 is 2.00 bits per heavy atom. The van der Waals surface area contributed by atoms with Gasteiger partial charge in [0.15, 0.2) is 0 Å². The molecule has 0 aromatic heterocycles. The third kappa shape index (κ3) is 1.56. The van der Waals surface area contributed by atoms with Crippen molar-refractivity contribution in [3.05, 3.63) is 29.8 Å². The van der Waals surface area contributed by atoms with Gasteiger partial charge in [0.05, 0.1) is 0 Å². The highest BCUT2D eigenvalue weighted by Gasteiger charge is 2.14. The summed E-state index contributed by atoms with van der Waals surface area (Å²) in [6, 6.07) is 6.35. The van der Waals surface area contributed by atoms with Gasteiger partial charge in [0.1, 0.15) is 0 Å². The molecule has 0 spiro atoms. The van der Waals surface area contributed by atoms with Crippen molar-refractivity contribution in [3.8, 4) is 0 Å². The fourth-order valence-electron chi connectivity index (χ4n) is 0.806. The van der Waals surface area contributed by atoms with Crippen molar-refractivity contribution in [2.45, 2.75) is 6.92 Å². The standard InChI is InChI=1S/C7H7BF2/c1-6-3-2-4-7(5-6)8(9)10/h2-5H,1H3. The molecule has 0 atom stereocenters. The molecule has 1 aromatic rings. The second-order valence-corrected chi connectivity index (χ2v) is 2.21. The van der Waals surface area contributed by atoms with Crippen molar-refractivity contribution in [2.75, 3.05) is 0 Å². The molecule has 0 bridgehead atoms. The van der Waals surface area contributed by atoms with Crippen LogP contribution in [0.15, 0.2) is 24.3 Å². The van der Waals surface area contributed by atoms with E-state index < -0.39 is 7.27 Å². The molecule has 0 saturated carbocycles. The van der Waals surface area contributed by atoms with E-state index in [9.17, 15) is 8.63 Å². The zero-order valence-corrected chi connectivity index (χ0v) is 5.64. The number of aryl methyl sites for hydroxylation is 1. The molecular weight excluding hydrogens is 133 g/mol. The monoisotopic (exact) mass is 140 g/mol. The van der Waals surface area contributed by atoms with Crippen molar-refractivity contribution in [1.29, 1.82) is 0 Å². The van der Waals surface area contributed by atoms with E-state index >= 15 is 0 Å². The first kappa shape index (κ1) is 7.25. The maximum absolute atomic E-state index is 11.9. The largest absolute Gasteiger partial charge is 0.571 e. The van der Waals surface area contributed by atoms with Gasteiger partial charge in [0, 0.05) is 0 Å². The minimum atomic E-state index is -2.35. The van der Waals surface area contributed by atoms with Crippen LogP contribution in [0.25, 0.3) is 0 Å². The number of benzene rings is 1. The average Bonchev–Trinajstić information content (AvgIpc) is 1.88. The van der Waals surface area contributed by atoms with E-state index in [1.807, 2.05) is 0 Å². The van der Waals surface area contributed by atoms with Crippen molar-refractivity contribution in [1.82, 2.24) is 0 Å². The van der Waals surface area contributed by atoms with Crippen LogP contribution in [0.2, 0.25) is 0 Å². The molecule has 0 amide bonds. The molecule has 0 aliphatic carbocycles. The van der Waals surface area contributed by atoms with E-state index in [0.717, 1.165) is 5.56 Å². The predicted molar refractivity (Wildman–Crippen MR) is 38.8 cm³/mol. The Labute approximate surface area is 59.0 Å². The van der Waals surface area contributed by atoms with Gasteiger partial charge in [-0.25, -0.2) is 0 Å². The van der Waals surface area contributed by atoms with Crippen LogP contribution >= 0.6 is 0 Å². The molecule has 0 radical (unpaired) electrons. The van der Waals surface area contributed by atoms with Gasteiger partial charge in [-0.15, -0.1) is 0 Å². The average molecular weight is 140 g/mol. The summed E-state index contributed by atoms with van der Waals surface area (Å²) in [7, 11) is -2.35. The Kier molecular flexibility index (Phi) is 2.04. The van der Waals surface area contributed by atoms with Crippen LogP contribution in [0.4, 0.5) is 8.63 Å². The number of halogens is 2.